The van der Waals surface area contributed by atoms with Crippen LogP contribution in [0.15, 0.2) is 60.9 Å². The summed E-state index contributed by atoms with van der Waals surface area (Å²) in [5.74, 6) is 0.696. The smallest absolute Gasteiger partial charge is 0.363 e. The number of esters is 1. The van der Waals surface area contributed by atoms with Crippen molar-refractivity contribution in [1.82, 2.24) is 9.97 Å². The van der Waals surface area contributed by atoms with Gasteiger partial charge < -0.3 is 9.47 Å². The summed E-state index contributed by atoms with van der Waals surface area (Å²) >= 11 is 0. The molecule has 0 spiro atoms. The van der Waals surface area contributed by atoms with Crippen LogP contribution in [0.3, 0.4) is 0 Å². The van der Waals surface area contributed by atoms with Gasteiger partial charge in [-0.3, -0.25) is 4.98 Å². The van der Waals surface area contributed by atoms with Crippen LogP contribution in [0.5, 0.6) is 11.5 Å². The van der Waals surface area contributed by atoms with Gasteiger partial charge in [-0.25, -0.2) is 9.78 Å². The van der Waals surface area contributed by atoms with Crippen molar-refractivity contribution >= 4 is 5.97 Å². The van der Waals surface area contributed by atoms with Crippen LogP contribution in [0.2, 0.25) is 0 Å². The molecule has 0 unspecified atom stereocenters. The van der Waals surface area contributed by atoms with Crippen LogP contribution in [0.1, 0.15) is 120 Å². The lowest BCUT2D eigenvalue weighted by Gasteiger charge is -2.08. The van der Waals surface area contributed by atoms with E-state index in [1.807, 2.05) is 12.1 Å². The van der Waals surface area contributed by atoms with Crippen LogP contribution in [0.4, 0.5) is 0 Å². The molecule has 5 nitrogen and oxygen atoms in total. The molecule has 0 aliphatic rings. The lowest BCUT2D eigenvalue weighted by Crippen LogP contribution is -2.11. The average molecular weight is 545 g/mol. The molecule has 0 aliphatic carbocycles. The number of hydrogen-bond donors (Lipinski definition) is 0. The maximum atomic E-state index is 12.5. The predicted octanol–water partition coefficient (Wildman–Crippen LogP) is 9.79. The second-order valence-corrected chi connectivity index (χ2v) is 10.7. The predicted molar refractivity (Wildman–Crippen MR) is 164 cm³/mol. The second kappa shape index (κ2) is 19.0. The van der Waals surface area contributed by atoms with E-state index in [-0.39, 0.29) is 5.69 Å². The number of nitrogens with zero attached hydrogens (tertiary/aromatic N) is 2. The summed E-state index contributed by atoms with van der Waals surface area (Å²) in [6.07, 6.45) is 22.4. The van der Waals surface area contributed by atoms with Crippen molar-refractivity contribution in [1.29, 1.82) is 0 Å². The maximum Gasteiger partial charge on any atom is 0.363 e. The molecule has 0 N–H and O–H groups in total. The maximum absolute atomic E-state index is 12.5. The Bertz CT molecular complexity index is 1080. The average Bonchev–Trinajstić information content (AvgIpc) is 2.99. The fourth-order valence-electron chi connectivity index (χ4n) is 4.72. The lowest BCUT2D eigenvalue weighted by molar-refractivity contribution is 0.0728. The molecule has 0 aliphatic heterocycles. The molecule has 0 radical (unpaired) electrons. The molecule has 0 atom stereocenters. The first-order chi connectivity index (χ1) is 19.7. The Balaban J connectivity index is 1.36. The summed E-state index contributed by atoms with van der Waals surface area (Å²) in [7, 11) is 0. The van der Waals surface area contributed by atoms with Gasteiger partial charge in [0.15, 0.2) is 5.69 Å². The Morgan fingerprint density at radius 2 is 1.20 bits per heavy atom. The third kappa shape index (κ3) is 11.9. The van der Waals surface area contributed by atoms with Crippen LogP contribution in [0.25, 0.3) is 11.3 Å². The highest BCUT2D eigenvalue weighted by Crippen LogP contribution is 2.21. The zero-order chi connectivity index (χ0) is 28.3. The van der Waals surface area contributed by atoms with E-state index < -0.39 is 5.97 Å². The number of ether oxygens (including phenoxy) is 2. The highest BCUT2D eigenvalue weighted by molar-refractivity contribution is 5.88. The molecule has 40 heavy (non-hydrogen) atoms. The van der Waals surface area contributed by atoms with Crippen LogP contribution >= 0.6 is 0 Å². The second-order valence-electron chi connectivity index (χ2n) is 10.7. The minimum atomic E-state index is -0.529. The summed E-state index contributed by atoms with van der Waals surface area (Å²) in [6, 6.07) is 15.6. The summed E-state index contributed by atoms with van der Waals surface area (Å²) in [4.78, 5) is 21.3. The van der Waals surface area contributed by atoms with Gasteiger partial charge in [-0.2, -0.15) is 0 Å². The molecular formula is C35H48N2O3. The molecule has 5 heteroatoms. The van der Waals surface area contributed by atoms with Crippen LogP contribution in [0, 0.1) is 0 Å². The number of carbonyl (C=O) groups excluding carboxylic acids is 1. The van der Waals surface area contributed by atoms with Gasteiger partial charge in [0.05, 0.1) is 24.7 Å². The van der Waals surface area contributed by atoms with Gasteiger partial charge in [0.2, 0.25) is 0 Å². The van der Waals surface area contributed by atoms with Gasteiger partial charge in [0, 0.05) is 5.56 Å². The quantitative estimate of drug-likeness (QED) is 0.0804. The van der Waals surface area contributed by atoms with Gasteiger partial charge in [0.1, 0.15) is 11.5 Å². The lowest BCUT2D eigenvalue weighted by atomic mass is 10.0. The van der Waals surface area contributed by atoms with Crippen LogP contribution in [-0.4, -0.2) is 22.5 Å². The van der Waals surface area contributed by atoms with Crippen LogP contribution in [-0.2, 0) is 6.42 Å². The SMILES string of the molecule is CCCCCCCCCCCCc1ccc(-c2cnc(C(=O)Oc3ccc(OCCCCCC)cc3)cn2)cc1. The van der Waals surface area contributed by atoms with Crippen molar-refractivity contribution in [2.24, 2.45) is 0 Å². The fraction of sp³-hybridized carbons (Fsp3) is 0.514. The summed E-state index contributed by atoms with van der Waals surface area (Å²) in [5.41, 5.74) is 3.26. The number of benzene rings is 2. The van der Waals surface area contributed by atoms with Gasteiger partial charge in [-0.1, -0.05) is 115 Å². The van der Waals surface area contributed by atoms with Crippen molar-refractivity contribution in [2.75, 3.05) is 6.61 Å². The number of carbonyl (C=O) groups is 1. The van der Waals surface area contributed by atoms with E-state index in [1.54, 1.807) is 18.3 Å². The van der Waals surface area contributed by atoms with E-state index in [1.165, 1.54) is 95.2 Å². The molecule has 0 amide bonds. The molecule has 0 fully saturated rings. The highest BCUT2D eigenvalue weighted by Gasteiger charge is 2.12. The normalized spacial score (nSPS) is 10.9. The van der Waals surface area contributed by atoms with Crippen molar-refractivity contribution in [2.45, 2.75) is 110 Å². The first-order valence-electron chi connectivity index (χ1n) is 15.6. The Morgan fingerprint density at radius 3 is 1.80 bits per heavy atom. The highest BCUT2D eigenvalue weighted by atomic mass is 16.5. The Hall–Kier alpha value is -3.21. The summed E-state index contributed by atoms with van der Waals surface area (Å²) < 4.78 is 11.2. The first kappa shape index (κ1) is 31.3. The van der Waals surface area contributed by atoms with Gasteiger partial charge in [-0.15, -0.1) is 0 Å². The molecular weight excluding hydrogens is 496 g/mol. The van der Waals surface area contributed by atoms with E-state index in [0.717, 1.165) is 29.8 Å². The minimum absolute atomic E-state index is 0.178. The Labute approximate surface area is 241 Å². The van der Waals surface area contributed by atoms with E-state index in [9.17, 15) is 4.79 Å². The number of unbranched alkanes of at least 4 members (excludes halogenated alkanes) is 12. The van der Waals surface area contributed by atoms with Gasteiger partial charge >= 0.3 is 5.97 Å². The third-order valence-corrected chi connectivity index (χ3v) is 7.23. The van der Waals surface area contributed by atoms with Crippen molar-refractivity contribution in [3.63, 3.8) is 0 Å². The Kier molecular flexibility index (Phi) is 14.9. The van der Waals surface area contributed by atoms with E-state index >= 15 is 0 Å². The molecule has 0 saturated heterocycles. The molecule has 0 bridgehead atoms. The van der Waals surface area contributed by atoms with Gasteiger partial charge in [0.25, 0.3) is 0 Å². The number of hydrogen-bond acceptors (Lipinski definition) is 5. The van der Waals surface area contributed by atoms with Crippen molar-refractivity contribution in [3.8, 4) is 22.8 Å². The van der Waals surface area contributed by atoms with Crippen molar-refractivity contribution in [3.05, 3.63) is 72.2 Å². The molecule has 1 aromatic heterocycles. The number of rotatable bonds is 20. The molecule has 3 aromatic rings. The summed E-state index contributed by atoms with van der Waals surface area (Å²) in [6.45, 7) is 5.16. The third-order valence-electron chi connectivity index (χ3n) is 7.23. The van der Waals surface area contributed by atoms with E-state index in [0.29, 0.717) is 12.4 Å². The van der Waals surface area contributed by atoms with E-state index in [2.05, 4.69) is 48.1 Å². The molecule has 216 valence electrons. The van der Waals surface area contributed by atoms with E-state index in [4.69, 9.17) is 9.47 Å². The fourth-order valence-corrected chi connectivity index (χ4v) is 4.72. The zero-order valence-corrected chi connectivity index (χ0v) is 24.7. The monoisotopic (exact) mass is 544 g/mol. The summed E-state index contributed by atoms with van der Waals surface area (Å²) in [5, 5.41) is 0. The molecule has 0 saturated carbocycles. The number of aromatic nitrogens is 2. The Morgan fingerprint density at radius 1 is 0.625 bits per heavy atom. The molecule has 3 rings (SSSR count). The largest absolute Gasteiger partial charge is 0.494 e. The van der Waals surface area contributed by atoms with Crippen LogP contribution < -0.4 is 9.47 Å². The number of aryl methyl sites for hydroxylation is 1. The van der Waals surface area contributed by atoms with Crippen molar-refractivity contribution < 1.29 is 14.3 Å². The first-order valence-corrected chi connectivity index (χ1v) is 15.6. The minimum Gasteiger partial charge on any atom is -0.494 e. The molecule has 1 heterocycles. The van der Waals surface area contributed by atoms with Gasteiger partial charge in [-0.05, 0) is 49.1 Å². The zero-order valence-electron chi connectivity index (χ0n) is 24.7. The molecule has 2 aromatic carbocycles. The topological polar surface area (TPSA) is 61.3 Å². The standard InChI is InChI=1S/C35H48N2O3/c1-3-5-7-9-10-11-12-13-14-15-17-29-18-20-30(21-19-29)33-27-37-34(28-36-33)35(38)40-32-24-22-31(23-25-32)39-26-16-8-6-4-2/h18-25,27-28H,3-17,26H2,1-2H3.